The zero-order valence-electron chi connectivity index (χ0n) is 34.2. The highest BCUT2D eigenvalue weighted by Crippen LogP contribution is 2.38. The fourth-order valence-corrected chi connectivity index (χ4v) is 8.63. The summed E-state index contributed by atoms with van der Waals surface area (Å²) < 4.78 is 0. The van der Waals surface area contributed by atoms with Crippen LogP contribution in [0.3, 0.4) is 0 Å². The molecule has 0 radical (unpaired) electrons. The number of hydrogen-bond donors (Lipinski definition) is 3. The largest absolute Gasteiger partial charge is 0.369 e. The van der Waals surface area contributed by atoms with E-state index in [1.807, 2.05) is 30.9 Å². The molecule has 4 aromatic carbocycles. The number of benzene rings is 4. The molecule has 4 aromatic heterocycles. The number of piperidine rings is 2. The van der Waals surface area contributed by atoms with Gasteiger partial charge in [0.1, 0.15) is 11.6 Å². The highest BCUT2D eigenvalue weighted by Gasteiger charge is 2.37. The number of halogens is 1. The van der Waals surface area contributed by atoms with E-state index in [0.717, 1.165) is 82.5 Å². The molecule has 0 atom stereocenters. The molecule has 0 bridgehead atoms. The zero-order valence-corrected chi connectivity index (χ0v) is 35.0. The van der Waals surface area contributed by atoms with Crippen molar-refractivity contribution in [1.29, 1.82) is 0 Å². The van der Waals surface area contributed by atoms with Crippen molar-refractivity contribution >= 4 is 50.7 Å². The van der Waals surface area contributed by atoms with E-state index in [0.29, 0.717) is 5.28 Å². The van der Waals surface area contributed by atoms with Gasteiger partial charge in [-0.15, -0.1) is 0 Å². The van der Waals surface area contributed by atoms with Crippen molar-refractivity contribution in [1.82, 2.24) is 35.2 Å². The first-order chi connectivity index (χ1) is 30.1. The lowest BCUT2D eigenvalue weighted by molar-refractivity contribution is 0.323. The van der Waals surface area contributed by atoms with Crippen LogP contribution in [0.25, 0.3) is 21.5 Å². The van der Waals surface area contributed by atoms with E-state index in [1.165, 1.54) is 32.7 Å². The molecule has 10 nitrogen and oxygen atoms in total. The Labute approximate surface area is 362 Å². The van der Waals surface area contributed by atoms with Crippen molar-refractivity contribution in [2.45, 2.75) is 36.5 Å². The number of nitrogens with one attached hydrogen (secondary N) is 3. The average Bonchev–Trinajstić information content (AvgIpc) is 3.34. The van der Waals surface area contributed by atoms with Crippen LogP contribution in [0, 0.1) is 0 Å². The van der Waals surface area contributed by atoms with E-state index < -0.39 is 0 Å². The fourth-order valence-electron chi connectivity index (χ4n) is 8.52. The molecule has 8 aromatic rings. The number of nitrogens with zero attached hydrogens (tertiary/aromatic N) is 7. The molecule has 0 amide bonds. The van der Waals surface area contributed by atoms with E-state index >= 15 is 0 Å². The minimum atomic E-state index is 0.0468. The van der Waals surface area contributed by atoms with Gasteiger partial charge in [-0.2, -0.15) is 0 Å². The summed E-state index contributed by atoms with van der Waals surface area (Å²) in [6.07, 6.45) is 15.0. The van der Waals surface area contributed by atoms with Gasteiger partial charge in [0.2, 0.25) is 11.2 Å². The van der Waals surface area contributed by atoms with Crippen molar-refractivity contribution in [3.8, 4) is 0 Å². The number of rotatable bonds is 9. The van der Waals surface area contributed by atoms with Crippen LogP contribution in [-0.2, 0) is 10.8 Å². The summed E-state index contributed by atoms with van der Waals surface area (Å²) in [6.45, 7) is 5.77. The van der Waals surface area contributed by atoms with E-state index in [4.69, 9.17) is 11.6 Å². The minimum absolute atomic E-state index is 0.0468. The number of fused-ring (bicyclic) bond motifs is 2. The summed E-state index contributed by atoms with van der Waals surface area (Å²) in [5, 5.41) is 15.9. The Kier molecular flexibility index (Phi) is 13.6. The Morgan fingerprint density at radius 2 is 0.918 bits per heavy atom. The first kappa shape index (κ1) is 41.3. The number of anilines is 3. The first-order valence-corrected chi connectivity index (χ1v) is 21.4. The third kappa shape index (κ3) is 10.3. The van der Waals surface area contributed by atoms with Gasteiger partial charge in [-0.1, -0.05) is 109 Å². The summed E-state index contributed by atoms with van der Waals surface area (Å²) in [4.78, 5) is 27.7. The summed E-state index contributed by atoms with van der Waals surface area (Å²) >= 11 is 5.32. The second kappa shape index (κ2) is 20.2. The van der Waals surface area contributed by atoms with Crippen LogP contribution in [0.1, 0.15) is 36.8 Å². The maximum absolute atomic E-state index is 5.32. The van der Waals surface area contributed by atoms with Crippen molar-refractivity contribution in [2.24, 2.45) is 0 Å². The molecule has 0 aliphatic carbocycles. The van der Waals surface area contributed by atoms with Gasteiger partial charge in [0, 0.05) is 85.0 Å². The fraction of sp³-hybridized carbons (Fsp3) is 0.240. The molecule has 11 heteroatoms. The topological polar surface area (TPSA) is 117 Å². The van der Waals surface area contributed by atoms with Crippen LogP contribution in [0.4, 0.5) is 17.6 Å². The number of aromatic nitrogens is 6. The zero-order chi connectivity index (χ0) is 41.6. The molecular weight excluding hydrogens is 776 g/mol. The van der Waals surface area contributed by atoms with Crippen molar-refractivity contribution in [3.63, 3.8) is 0 Å². The Hall–Kier alpha value is -6.49. The van der Waals surface area contributed by atoms with Gasteiger partial charge < -0.3 is 20.9 Å². The molecule has 2 saturated heterocycles. The van der Waals surface area contributed by atoms with Crippen LogP contribution in [0.15, 0.2) is 171 Å². The van der Waals surface area contributed by atoms with Crippen LogP contribution in [0.5, 0.6) is 0 Å². The Morgan fingerprint density at radius 1 is 0.475 bits per heavy atom. The predicted octanol–water partition coefficient (Wildman–Crippen LogP) is 9.77. The van der Waals surface area contributed by atoms with Crippen LogP contribution in [-0.4, -0.2) is 69.2 Å². The van der Waals surface area contributed by atoms with Crippen molar-refractivity contribution < 1.29 is 0 Å². The third-order valence-corrected chi connectivity index (χ3v) is 12.2. The predicted molar refractivity (Wildman–Crippen MR) is 249 cm³/mol. The molecule has 3 N–H and O–H groups in total. The van der Waals surface area contributed by atoms with Crippen LogP contribution < -0.4 is 20.9 Å². The Morgan fingerprint density at radius 3 is 1.39 bits per heavy atom. The number of pyridine rings is 2. The van der Waals surface area contributed by atoms with Gasteiger partial charge in [-0.3, -0.25) is 0 Å². The molecule has 2 aliphatic heterocycles. The summed E-state index contributed by atoms with van der Waals surface area (Å²) in [6, 6.07) is 46.3. The van der Waals surface area contributed by atoms with E-state index in [1.54, 1.807) is 18.5 Å². The van der Waals surface area contributed by atoms with Gasteiger partial charge in [0.25, 0.3) is 0 Å². The number of hydrogen-bond acceptors (Lipinski definition) is 10. The summed E-state index contributed by atoms with van der Waals surface area (Å²) in [7, 11) is 0. The van der Waals surface area contributed by atoms with E-state index in [9.17, 15) is 0 Å². The molecule has 0 spiro atoms. The molecule has 2 aliphatic rings. The maximum atomic E-state index is 5.32. The average molecular weight is 827 g/mol. The van der Waals surface area contributed by atoms with E-state index in [2.05, 4.69) is 172 Å². The second-order valence-electron chi connectivity index (χ2n) is 15.6. The Balaban J connectivity index is 0.000000148. The SMILES string of the molecule is Clc1ncccn1.c1ccc(C2(CNc3nccc4ccccc34)CCN(c3ncccn3)CC2)cc1.c1ccc(C2(CNc3nccc4ccccc34)CCNCC2)cc1. The summed E-state index contributed by atoms with van der Waals surface area (Å²) in [5.74, 6) is 2.77. The quantitative estimate of drug-likeness (QED) is 0.122. The lowest BCUT2D eigenvalue weighted by Gasteiger charge is -2.42. The van der Waals surface area contributed by atoms with Gasteiger partial charge in [0.05, 0.1) is 0 Å². The molecule has 10 rings (SSSR count). The smallest absolute Gasteiger partial charge is 0.225 e. The molecule has 0 unspecified atom stereocenters. The van der Waals surface area contributed by atoms with E-state index in [-0.39, 0.29) is 10.8 Å². The normalized spacial score (nSPS) is 15.4. The molecule has 0 saturated carbocycles. The third-order valence-electron chi connectivity index (χ3n) is 12.0. The molecule has 308 valence electrons. The molecule has 61 heavy (non-hydrogen) atoms. The van der Waals surface area contributed by atoms with Crippen molar-refractivity contribution in [3.05, 3.63) is 187 Å². The highest BCUT2D eigenvalue weighted by molar-refractivity contribution is 6.28. The molecule has 2 fully saturated rings. The second-order valence-corrected chi connectivity index (χ2v) is 15.9. The highest BCUT2D eigenvalue weighted by atomic mass is 35.5. The van der Waals surface area contributed by atoms with Crippen LogP contribution >= 0.6 is 11.6 Å². The van der Waals surface area contributed by atoms with Gasteiger partial charge >= 0.3 is 0 Å². The standard InChI is InChI=1S/C25H25N5.C21H23N3.C4H3ClN2/c1-2-8-21(9-3-1)25(12-17-30(18-13-25)24-27-14-6-15-28-24)19-29-23-22-10-5-4-7-20(22)11-16-26-23;1-2-7-18(8-3-1)21(11-14-22-15-12-21)16-24-20-19-9-5-4-6-17(19)10-13-23-20;5-4-6-2-1-3-7-4/h1-11,14-16H,12-13,17-19H2,(H,26,29);1-10,13,22H,11-12,14-16H2,(H,23,24);1-3H. The van der Waals surface area contributed by atoms with Crippen LogP contribution in [0.2, 0.25) is 5.28 Å². The lowest BCUT2D eigenvalue weighted by Crippen LogP contribution is -2.47. The molecule has 6 heterocycles. The maximum Gasteiger partial charge on any atom is 0.225 e. The van der Waals surface area contributed by atoms with Gasteiger partial charge in [-0.05, 0) is 96.5 Å². The Bertz CT molecular complexity index is 2540. The summed E-state index contributed by atoms with van der Waals surface area (Å²) in [5.41, 5.74) is 3.03. The van der Waals surface area contributed by atoms with Crippen molar-refractivity contribution in [2.75, 3.05) is 54.8 Å². The lowest BCUT2D eigenvalue weighted by atomic mass is 9.72. The molecular formula is C50H51ClN10. The monoisotopic (exact) mass is 826 g/mol. The van der Waals surface area contributed by atoms with Gasteiger partial charge in [-0.25, -0.2) is 29.9 Å². The van der Waals surface area contributed by atoms with Gasteiger partial charge in [0.15, 0.2) is 0 Å². The minimum Gasteiger partial charge on any atom is -0.369 e. The first-order valence-electron chi connectivity index (χ1n) is 21.0.